The molecule has 12 heteroatoms. The molecule has 9 nitrogen and oxygen atoms in total. The van der Waals surface area contributed by atoms with Crippen LogP contribution in [0.15, 0.2) is 30.5 Å². The van der Waals surface area contributed by atoms with Crippen molar-refractivity contribution in [1.82, 2.24) is 14.7 Å². The molecule has 2 aliphatic rings. The number of nitrogens with one attached hydrogen (secondary N) is 1. The Kier molecular flexibility index (Phi) is 8.77. The molecule has 0 radical (unpaired) electrons. The van der Waals surface area contributed by atoms with Gasteiger partial charge in [0.25, 0.3) is 5.91 Å². The number of likely N-dealkylation sites (tertiary alicyclic amines) is 1. The van der Waals surface area contributed by atoms with Crippen LogP contribution in [0.4, 0.5) is 14.5 Å². The van der Waals surface area contributed by atoms with Crippen LogP contribution in [-0.2, 0) is 15.1 Å². The summed E-state index contributed by atoms with van der Waals surface area (Å²) in [6.45, 7) is 3.80. The molecule has 1 aliphatic carbocycles. The zero-order valence-electron chi connectivity index (χ0n) is 23.0. The number of carbonyl (C=O) groups is 2. The van der Waals surface area contributed by atoms with Crippen molar-refractivity contribution in [3.63, 3.8) is 0 Å². The van der Waals surface area contributed by atoms with Crippen molar-refractivity contribution >= 4 is 29.2 Å². The number of aliphatic carboxylic acids is 1. The minimum Gasteiger partial charge on any atom is -0.481 e. The first-order valence-corrected chi connectivity index (χ1v) is 13.9. The monoisotopic (exact) mass is 582 g/mol. The number of hydrogen-bond donors (Lipinski definition) is 3. The van der Waals surface area contributed by atoms with E-state index in [-0.39, 0.29) is 22.4 Å². The quantitative estimate of drug-likeness (QED) is 0.377. The number of nitrogens with zero attached hydrogens (tertiary/aromatic N) is 3. The van der Waals surface area contributed by atoms with Crippen LogP contribution in [0, 0.1) is 5.41 Å². The highest BCUT2D eigenvalue weighted by Crippen LogP contribution is 2.43. The number of carbonyl (C=O) groups excluding carboxylic acids is 1. The summed E-state index contributed by atoms with van der Waals surface area (Å²) in [6, 6.07) is 5.97. The second-order valence-corrected chi connectivity index (χ2v) is 12.1. The third kappa shape index (κ3) is 6.26. The maximum absolute atomic E-state index is 14.0. The number of anilines is 1. The largest absolute Gasteiger partial charge is 0.481 e. The first-order chi connectivity index (χ1) is 18.8. The van der Waals surface area contributed by atoms with Crippen LogP contribution in [0.25, 0.3) is 0 Å². The van der Waals surface area contributed by atoms with Crippen molar-refractivity contribution in [2.45, 2.75) is 83.0 Å². The molecule has 1 saturated heterocycles. The number of amides is 1. The Hall–Kier alpha value is -2.76. The van der Waals surface area contributed by atoms with E-state index >= 15 is 0 Å². The van der Waals surface area contributed by atoms with Crippen LogP contribution in [0.5, 0.6) is 5.75 Å². The van der Waals surface area contributed by atoms with Crippen LogP contribution in [-0.4, -0.2) is 68.6 Å². The van der Waals surface area contributed by atoms with E-state index < -0.39 is 35.0 Å². The van der Waals surface area contributed by atoms with Gasteiger partial charge in [-0.15, -0.1) is 0 Å². The summed E-state index contributed by atoms with van der Waals surface area (Å²) in [5, 5.41) is 28.0. The van der Waals surface area contributed by atoms with Crippen LogP contribution in [0.3, 0.4) is 0 Å². The predicted molar refractivity (Wildman–Crippen MR) is 146 cm³/mol. The highest BCUT2D eigenvalue weighted by molar-refractivity contribution is 6.30. The molecular formula is C28H37ClF2N4O5. The van der Waals surface area contributed by atoms with Crippen molar-refractivity contribution in [3.8, 4) is 5.75 Å². The van der Waals surface area contributed by atoms with Crippen molar-refractivity contribution < 1.29 is 33.3 Å². The van der Waals surface area contributed by atoms with Gasteiger partial charge in [-0.25, -0.2) is 0 Å². The predicted octanol–water partition coefficient (Wildman–Crippen LogP) is 5.09. The Morgan fingerprint density at radius 3 is 2.35 bits per heavy atom. The summed E-state index contributed by atoms with van der Waals surface area (Å²) >= 11 is 5.98. The van der Waals surface area contributed by atoms with Crippen LogP contribution >= 0.6 is 11.6 Å². The molecule has 40 heavy (non-hydrogen) atoms. The summed E-state index contributed by atoms with van der Waals surface area (Å²) in [7, 11) is 0. The number of carboxylic acids is 1. The smallest absolute Gasteiger partial charge is 0.387 e. The molecule has 2 fully saturated rings. The van der Waals surface area contributed by atoms with Gasteiger partial charge in [0.2, 0.25) is 0 Å². The Balaban J connectivity index is 1.60. The van der Waals surface area contributed by atoms with Gasteiger partial charge in [0.1, 0.15) is 5.54 Å². The average Bonchev–Trinajstić information content (AvgIpc) is 3.38. The summed E-state index contributed by atoms with van der Waals surface area (Å²) in [4.78, 5) is 28.5. The summed E-state index contributed by atoms with van der Waals surface area (Å²) in [6.07, 6.45) is 3.86. The maximum atomic E-state index is 14.0. The lowest BCUT2D eigenvalue weighted by Gasteiger charge is -2.46. The van der Waals surface area contributed by atoms with Gasteiger partial charge in [0, 0.05) is 42.6 Å². The van der Waals surface area contributed by atoms with Gasteiger partial charge < -0.3 is 25.2 Å². The average molecular weight is 583 g/mol. The van der Waals surface area contributed by atoms with E-state index in [0.29, 0.717) is 58.2 Å². The number of halogens is 3. The van der Waals surface area contributed by atoms with Gasteiger partial charge in [0.15, 0.2) is 5.75 Å². The van der Waals surface area contributed by atoms with E-state index in [2.05, 4.69) is 20.1 Å². The van der Waals surface area contributed by atoms with E-state index in [1.807, 2.05) is 19.9 Å². The molecule has 1 aromatic heterocycles. The van der Waals surface area contributed by atoms with Crippen molar-refractivity contribution in [2.75, 3.05) is 25.0 Å². The number of piperidine rings is 1. The van der Waals surface area contributed by atoms with Crippen LogP contribution < -0.4 is 10.1 Å². The lowest BCUT2D eigenvalue weighted by atomic mass is 9.68. The molecule has 3 N–H and O–H groups in total. The minimum absolute atomic E-state index is 0.0591. The number of carboxylic acid groups (broad SMARTS) is 1. The zero-order chi connectivity index (χ0) is 29.3. The highest BCUT2D eigenvalue weighted by Gasteiger charge is 2.49. The van der Waals surface area contributed by atoms with Gasteiger partial charge in [-0.05, 0) is 69.6 Å². The highest BCUT2D eigenvalue weighted by atomic mass is 35.5. The Labute approximate surface area is 237 Å². The topological polar surface area (TPSA) is 117 Å². The number of aliphatic hydroxyl groups is 1. The van der Waals surface area contributed by atoms with Gasteiger partial charge in [-0.1, -0.05) is 25.4 Å². The SMILES string of the molecule is CC(C)c1ccnn1C1(C(=O)Nc2ccc(Cl)cc2OC(F)F)CCN(CC2(C(=O)O)CCC(C)(O)CC2)CC1. The molecule has 1 aromatic carbocycles. The third-order valence-corrected chi connectivity index (χ3v) is 8.68. The molecule has 1 saturated carbocycles. The molecular weight excluding hydrogens is 546 g/mol. The Morgan fingerprint density at radius 1 is 1.12 bits per heavy atom. The van der Waals surface area contributed by atoms with Gasteiger partial charge in [-0.2, -0.15) is 13.9 Å². The zero-order valence-corrected chi connectivity index (χ0v) is 23.8. The molecule has 1 aliphatic heterocycles. The second kappa shape index (κ2) is 11.6. The van der Waals surface area contributed by atoms with E-state index in [9.17, 15) is 28.6 Å². The van der Waals surface area contributed by atoms with Gasteiger partial charge in [-0.3, -0.25) is 14.3 Å². The van der Waals surface area contributed by atoms with Gasteiger partial charge in [0.05, 0.1) is 16.7 Å². The minimum atomic E-state index is -3.10. The number of ether oxygens (including phenoxy) is 1. The standard InChI is InChI=1S/C28H37ClF2N4O5/c1-18(2)21-6-13-32-35(21)28(23(36)33-20-5-4-19(29)16-22(20)40-25(30)31)11-14-34(15-12-28)17-27(24(37)38)9-7-26(3,39)8-10-27/h4-6,13,16,18,25,39H,7-12,14-15,17H2,1-3H3,(H,33,36)(H,37,38). The first-order valence-electron chi connectivity index (χ1n) is 13.6. The molecule has 0 bridgehead atoms. The van der Waals surface area contributed by atoms with Crippen molar-refractivity contribution in [3.05, 3.63) is 41.2 Å². The normalized spacial score (nSPS) is 25.2. The molecule has 4 rings (SSSR count). The molecule has 1 amide bonds. The van der Waals surface area contributed by atoms with Gasteiger partial charge >= 0.3 is 12.6 Å². The number of hydrogen-bond acceptors (Lipinski definition) is 6. The molecule has 2 aromatic rings. The first kappa shape index (κ1) is 30.2. The van der Waals surface area contributed by atoms with E-state index in [0.717, 1.165) is 5.69 Å². The van der Waals surface area contributed by atoms with E-state index in [4.69, 9.17) is 11.6 Å². The fourth-order valence-corrected chi connectivity index (χ4v) is 6.05. The Morgan fingerprint density at radius 2 is 1.77 bits per heavy atom. The molecule has 220 valence electrons. The van der Waals surface area contributed by atoms with Crippen molar-refractivity contribution in [2.24, 2.45) is 5.41 Å². The van der Waals surface area contributed by atoms with Crippen LogP contribution in [0.2, 0.25) is 5.02 Å². The maximum Gasteiger partial charge on any atom is 0.387 e. The number of aromatic nitrogens is 2. The summed E-state index contributed by atoms with van der Waals surface area (Å²) in [5.41, 5.74) is -2.07. The number of rotatable bonds is 9. The van der Waals surface area contributed by atoms with Crippen molar-refractivity contribution in [1.29, 1.82) is 0 Å². The van der Waals surface area contributed by atoms with Crippen LogP contribution in [0.1, 0.15) is 70.9 Å². The lowest BCUT2D eigenvalue weighted by molar-refractivity contribution is -0.157. The fraction of sp³-hybridized carbons (Fsp3) is 0.607. The molecule has 2 heterocycles. The number of benzene rings is 1. The Bertz CT molecular complexity index is 1220. The molecule has 0 spiro atoms. The van der Waals surface area contributed by atoms with E-state index in [1.54, 1.807) is 17.8 Å². The second-order valence-electron chi connectivity index (χ2n) is 11.7. The summed E-state index contributed by atoms with van der Waals surface area (Å²) < 4.78 is 32.5. The lowest BCUT2D eigenvalue weighted by Crippen LogP contribution is -2.56. The fourth-order valence-electron chi connectivity index (χ4n) is 5.89. The molecule has 0 atom stereocenters. The van der Waals surface area contributed by atoms with E-state index in [1.165, 1.54) is 18.2 Å². The molecule has 0 unspecified atom stereocenters. The number of alkyl halides is 2. The summed E-state index contributed by atoms with van der Waals surface area (Å²) in [5.74, 6) is -1.49. The third-order valence-electron chi connectivity index (χ3n) is 8.45.